The number of hydrogen-bond acceptors (Lipinski definition) is 6. The summed E-state index contributed by atoms with van der Waals surface area (Å²) in [5.74, 6) is -0.713. The maximum absolute atomic E-state index is 13.0. The highest BCUT2D eigenvalue weighted by Gasteiger charge is 2.15. The maximum atomic E-state index is 13.0. The van der Waals surface area contributed by atoms with Gasteiger partial charge in [0.05, 0.1) is 16.7 Å². The number of carbonyl (C=O) groups is 2. The molecule has 1 heterocycles. The molecule has 0 spiro atoms. The molecule has 0 aliphatic heterocycles. The Morgan fingerprint density at radius 2 is 1.94 bits per heavy atom. The third-order valence-corrected chi connectivity index (χ3v) is 6.47. The summed E-state index contributed by atoms with van der Waals surface area (Å²) in [6.07, 6.45) is 0.801. The molecule has 0 saturated carbocycles. The van der Waals surface area contributed by atoms with Gasteiger partial charge in [0.2, 0.25) is 0 Å². The zero-order valence-electron chi connectivity index (χ0n) is 18.8. The highest BCUT2D eigenvalue weighted by atomic mass is 35.5. The van der Waals surface area contributed by atoms with Crippen molar-refractivity contribution in [1.29, 1.82) is 0 Å². The van der Waals surface area contributed by atoms with E-state index in [9.17, 15) is 14.4 Å². The second-order valence-electron chi connectivity index (χ2n) is 8.01. The molecule has 3 rings (SSSR count). The van der Waals surface area contributed by atoms with Crippen LogP contribution in [0.5, 0.6) is 0 Å². The molecule has 0 atom stereocenters. The molecule has 1 amide bonds. The van der Waals surface area contributed by atoms with Gasteiger partial charge in [0.15, 0.2) is 11.8 Å². The molecule has 7 nitrogen and oxygen atoms in total. The molecule has 10 heteroatoms. The summed E-state index contributed by atoms with van der Waals surface area (Å²) in [6, 6.07) is 12.1. The number of rotatable bonds is 10. The molecule has 34 heavy (non-hydrogen) atoms. The van der Waals surface area contributed by atoms with E-state index in [-0.39, 0.29) is 17.9 Å². The average molecular weight is 522 g/mol. The van der Waals surface area contributed by atoms with E-state index in [4.69, 9.17) is 27.9 Å². The Balaban J connectivity index is 1.57. The Labute approximate surface area is 211 Å². The Morgan fingerprint density at radius 3 is 2.68 bits per heavy atom. The molecule has 1 aromatic heterocycles. The van der Waals surface area contributed by atoms with Gasteiger partial charge in [0, 0.05) is 23.1 Å². The Morgan fingerprint density at radius 1 is 1.18 bits per heavy atom. The summed E-state index contributed by atoms with van der Waals surface area (Å²) in [4.78, 5) is 41.8. The summed E-state index contributed by atoms with van der Waals surface area (Å²) in [6.45, 7) is 4.42. The maximum Gasteiger partial charge on any atom is 0.316 e. The minimum absolute atomic E-state index is 0.0806. The molecule has 0 radical (unpaired) electrons. The molecule has 0 aliphatic rings. The lowest BCUT2D eigenvalue weighted by molar-refractivity contribution is -0.145. The zero-order chi connectivity index (χ0) is 24.7. The van der Waals surface area contributed by atoms with Gasteiger partial charge in [-0.1, -0.05) is 67.0 Å². The van der Waals surface area contributed by atoms with Crippen molar-refractivity contribution in [1.82, 2.24) is 14.9 Å². The lowest BCUT2D eigenvalue weighted by atomic mass is 10.1. The number of ether oxygens (including phenoxy) is 1. The summed E-state index contributed by atoms with van der Waals surface area (Å²) in [7, 11) is 0. The summed E-state index contributed by atoms with van der Waals surface area (Å²) in [5.41, 5.74) is 1.13. The standard InChI is InChI=1S/C24H25Cl2N3O4S/c1-15(2)9-10-29-23(32)18-5-3-4-6-20(18)28-24(29)34-14-22(31)33-13-21(30)27-12-16-7-8-17(25)11-19(16)26/h3-8,11,15H,9-10,12-14H2,1-2H3,(H,27,30). The third kappa shape index (κ3) is 7.22. The number of aromatic nitrogens is 2. The summed E-state index contributed by atoms with van der Waals surface area (Å²) >= 11 is 13.1. The Bertz CT molecular complexity index is 1250. The molecule has 0 unspecified atom stereocenters. The van der Waals surface area contributed by atoms with Crippen LogP contribution in [-0.4, -0.2) is 33.8 Å². The van der Waals surface area contributed by atoms with Crippen LogP contribution in [-0.2, 0) is 27.4 Å². The molecular weight excluding hydrogens is 497 g/mol. The van der Waals surface area contributed by atoms with Crippen LogP contribution in [0.3, 0.4) is 0 Å². The number of benzene rings is 2. The van der Waals surface area contributed by atoms with Gasteiger partial charge in [-0.25, -0.2) is 4.98 Å². The fourth-order valence-electron chi connectivity index (χ4n) is 3.06. The first-order chi connectivity index (χ1) is 16.2. The van der Waals surface area contributed by atoms with Gasteiger partial charge >= 0.3 is 5.97 Å². The monoisotopic (exact) mass is 521 g/mol. The number of esters is 1. The van der Waals surface area contributed by atoms with Crippen molar-refractivity contribution in [3.8, 4) is 0 Å². The van der Waals surface area contributed by atoms with Crippen LogP contribution < -0.4 is 10.9 Å². The van der Waals surface area contributed by atoms with E-state index in [0.717, 1.165) is 18.2 Å². The smallest absolute Gasteiger partial charge is 0.316 e. The largest absolute Gasteiger partial charge is 0.455 e. The molecule has 180 valence electrons. The number of thioether (sulfide) groups is 1. The molecule has 3 aromatic rings. The van der Waals surface area contributed by atoms with Crippen molar-refractivity contribution in [2.24, 2.45) is 5.92 Å². The number of para-hydroxylation sites is 1. The van der Waals surface area contributed by atoms with Crippen LogP contribution in [0.1, 0.15) is 25.8 Å². The van der Waals surface area contributed by atoms with Gasteiger partial charge < -0.3 is 10.1 Å². The number of nitrogens with zero attached hydrogens (tertiary/aromatic N) is 2. The van der Waals surface area contributed by atoms with E-state index in [1.165, 1.54) is 0 Å². The Hall–Kier alpha value is -2.55. The normalized spacial score (nSPS) is 11.1. The van der Waals surface area contributed by atoms with E-state index in [1.807, 2.05) is 6.07 Å². The molecule has 0 aliphatic carbocycles. The van der Waals surface area contributed by atoms with E-state index in [1.54, 1.807) is 41.0 Å². The Kier molecular flexibility index (Phi) is 9.38. The van der Waals surface area contributed by atoms with Crippen molar-refractivity contribution >= 4 is 57.7 Å². The SMILES string of the molecule is CC(C)CCn1c(SCC(=O)OCC(=O)NCc2ccc(Cl)cc2Cl)nc2ccccc2c1=O. The number of fused-ring (bicyclic) bond motifs is 1. The first-order valence-electron chi connectivity index (χ1n) is 10.7. The van der Waals surface area contributed by atoms with Crippen LogP contribution in [0.4, 0.5) is 0 Å². The van der Waals surface area contributed by atoms with Crippen LogP contribution >= 0.6 is 35.0 Å². The quantitative estimate of drug-likeness (QED) is 0.236. The fourth-order valence-corrected chi connectivity index (χ4v) is 4.36. The average Bonchev–Trinajstić information content (AvgIpc) is 2.80. The highest BCUT2D eigenvalue weighted by Crippen LogP contribution is 2.21. The van der Waals surface area contributed by atoms with Gasteiger partial charge in [-0.3, -0.25) is 19.0 Å². The fraction of sp³-hybridized carbons (Fsp3) is 0.333. The lowest BCUT2D eigenvalue weighted by Gasteiger charge is -2.14. The van der Waals surface area contributed by atoms with Crippen LogP contribution in [0.15, 0.2) is 52.4 Å². The van der Waals surface area contributed by atoms with Gasteiger partial charge in [-0.2, -0.15) is 0 Å². The molecule has 1 N–H and O–H groups in total. The first-order valence-corrected chi connectivity index (χ1v) is 12.5. The number of amides is 1. The van der Waals surface area contributed by atoms with Crippen LogP contribution in [0.2, 0.25) is 10.0 Å². The van der Waals surface area contributed by atoms with Gasteiger partial charge in [-0.15, -0.1) is 0 Å². The zero-order valence-corrected chi connectivity index (χ0v) is 21.2. The minimum Gasteiger partial charge on any atom is -0.455 e. The van der Waals surface area contributed by atoms with Crippen LogP contribution in [0.25, 0.3) is 10.9 Å². The van der Waals surface area contributed by atoms with E-state index < -0.39 is 18.5 Å². The molecular formula is C24H25Cl2N3O4S. The number of carbonyl (C=O) groups excluding carboxylic acids is 2. The minimum atomic E-state index is -0.581. The van der Waals surface area contributed by atoms with Crippen molar-refractivity contribution in [3.05, 3.63) is 68.4 Å². The number of halogens is 2. The predicted octanol–water partition coefficient (Wildman–Crippen LogP) is 4.70. The molecule has 0 fully saturated rings. The number of nitrogens with one attached hydrogen (secondary N) is 1. The van der Waals surface area contributed by atoms with Crippen molar-refractivity contribution in [2.45, 2.75) is 38.5 Å². The van der Waals surface area contributed by atoms with Gasteiger partial charge in [-0.05, 0) is 42.2 Å². The molecule has 0 saturated heterocycles. The third-order valence-electron chi connectivity index (χ3n) is 4.93. The van der Waals surface area contributed by atoms with Crippen molar-refractivity contribution < 1.29 is 14.3 Å². The van der Waals surface area contributed by atoms with Gasteiger partial charge in [0.1, 0.15) is 0 Å². The van der Waals surface area contributed by atoms with Crippen molar-refractivity contribution in [3.63, 3.8) is 0 Å². The van der Waals surface area contributed by atoms with E-state index in [0.29, 0.717) is 44.1 Å². The number of hydrogen-bond donors (Lipinski definition) is 1. The topological polar surface area (TPSA) is 90.3 Å². The first kappa shape index (κ1) is 26.1. The van der Waals surface area contributed by atoms with Gasteiger partial charge in [0.25, 0.3) is 11.5 Å². The predicted molar refractivity (Wildman–Crippen MR) is 135 cm³/mol. The summed E-state index contributed by atoms with van der Waals surface area (Å²) in [5, 5.41) is 4.57. The second kappa shape index (κ2) is 12.2. The van der Waals surface area contributed by atoms with E-state index >= 15 is 0 Å². The molecule has 2 aromatic carbocycles. The van der Waals surface area contributed by atoms with Crippen LogP contribution in [0, 0.1) is 5.92 Å². The van der Waals surface area contributed by atoms with E-state index in [2.05, 4.69) is 24.1 Å². The van der Waals surface area contributed by atoms with Crippen molar-refractivity contribution in [2.75, 3.05) is 12.4 Å². The second-order valence-corrected chi connectivity index (χ2v) is 9.80. The highest BCUT2D eigenvalue weighted by molar-refractivity contribution is 7.99. The lowest BCUT2D eigenvalue weighted by Crippen LogP contribution is -2.29. The molecule has 0 bridgehead atoms. The summed E-state index contributed by atoms with van der Waals surface area (Å²) < 4.78 is 6.68.